The van der Waals surface area contributed by atoms with Crippen LogP contribution in [-0.4, -0.2) is 59.1 Å². The van der Waals surface area contributed by atoms with Crippen LogP contribution in [-0.2, 0) is 30.2 Å². The number of rotatable bonds is 5. The first-order valence-corrected chi connectivity index (χ1v) is 11.6. The smallest absolute Gasteiger partial charge is 0.408 e. The molecule has 3 N–H and O–H groups in total. The van der Waals surface area contributed by atoms with Crippen LogP contribution in [0.25, 0.3) is 0 Å². The summed E-state index contributed by atoms with van der Waals surface area (Å²) in [5, 5.41) is 23.7. The first-order chi connectivity index (χ1) is 16.3. The minimum absolute atomic E-state index is 0.0152. The molecule has 1 saturated heterocycles. The minimum atomic E-state index is -1.14. The van der Waals surface area contributed by atoms with Gasteiger partial charge in [-0.1, -0.05) is 6.92 Å². The Bertz CT molecular complexity index is 977. The van der Waals surface area contributed by atoms with Crippen LogP contribution in [0.1, 0.15) is 65.3 Å². The van der Waals surface area contributed by atoms with Gasteiger partial charge in [-0.05, 0) is 33.6 Å². The number of quaternary nitrogens is 1. The van der Waals surface area contributed by atoms with Crippen molar-refractivity contribution in [1.29, 1.82) is 0 Å². The van der Waals surface area contributed by atoms with Crippen molar-refractivity contribution >= 4 is 29.4 Å². The van der Waals surface area contributed by atoms with Crippen LogP contribution in [0.5, 0.6) is 0 Å². The third-order valence-electron chi connectivity index (χ3n) is 5.89. The summed E-state index contributed by atoms with van der Waals surface area (Å²) in [6, 6.07) is -0.659. The fourth-order valence-electron chi connectivity index (χ4n) is 4.75. The molecule has 1 aliphatic heterocycles. The molecule has 194 valence electrons. The predicted molar refractivity (Wildman–Crippen MR) is 123 cm³/mol. The third-order valence-corrected chi connectivity index (χ3v) is 5.89. The number of carbonyl (C=O) groups is 3. The van der Waals surface area contributed by atoms with Crippen LogP contribution in [0.3, 0.4) is 0 Å². The second-order valence-corrected chi connectivity index (χ2v) is 10.0. The summed E-state index contributed by atoms with van der Waals surface area (Å²) in [4.78, 5) is 42.1. The normalized spacial score (nSPS) is 24.9. The standard InChI is InChI=1S/C23H34N4O8/c1-12-10-26(11-16(21(12)34-14(3)29)25-22(30)35-23(4,5)6)20-15-7-8-18(33-13(2)28)19(15)24-9-17(20)27(31)32/h9,12,16,18,21,27,31H,7-8,10-11H2,1-6H3,(H,25,30)/t12-,16+,18?,21+/m0/s1. The van der Waals surface area contributed by atoms with Crippen molar-refractivity contribution in [2.24, 2.45) is 5.92 Å². The lowest BCUT2D eigenvalue weighted by molar-refractivity contribution is -0.991. The highest BCUT2D eigenvalue weighted by Gasteiger charge is 2.42. The average molecular weight is 495 g/mol. The molecule has 0 bridgehead atoms. The Kier molecular flexibility index (Phi) is 7.87. The fourth-order valence-corrected chi connectivity index (χ4v) is 4.75. The lowest BCUT2D eigenvalue weighted by Gasteiger charge is -2.43. The summed E-state index contributed by atoms with van der Waals surface area (Å²) in [5.74, 6) is -1.17. The number of fused-ring (bicyclic) bond motifs is 1. The van der Waals surface area contributed by atoms with Crippen LogP contribution in [0.4, 0.5) is 16.2 Å². The molecule has 12 heteroatoms. The zero-order chi connectivity index (χ0) is 26.1. The predicted octanol–water partition coefficient (Wildman–Crippen LogP) is 1.32. The fraction of sp³-hybridized carbons (Fsp3) is 0.652. The van der Waals surface area contributed by atoms with E-state index in [1.165, 1.54) is 20.0 Å². The maximum absolute atomic E-state index is 12.6. The Labute approximate surface area is 204 Å². The largest absolute Gasteiger partial charge is 0.595 e. The van der Waals surface area contributed by atoms with Crippen molar-refractivity contribution in [2.75, 3.05) is 18.0 Å². The molecular formula is C23H34N4O8. The second-order valence-electron chi connectivity index (χ2n) is 10.0. The first kappa shape index (κ1) is 26.6. The molecule has 5 atom stereocenters. The summed E-state index contributed by atoms with van der Waals surface area (Å²) in [7, 11) is 0. The average Bonchev–Trinajstić information content (AvgIpc) is 3.10. The second kappa shape index (κ2) is 10.3. The molecule has 2 unspecified atom stereocenters. The molecule has 0 radical (unpaired) electrons. The third kappa shape index (κ3) is 6.38. The highest BCUT2D eigenvalue weighted by Crippen LogP contribution is 2.42. The van der Waals surface area contributed by atoms with Gasteiger partial charge in [0.05, 0.1) is 17.9 Å². The van der Waals surface area contributed by atoms with Crippen molar-refractivity contribution in [3.05, 3.63) is 22.7 Å². The number of hydrogen-bond donors (Lipinski definition) is 3. The molecule has 1 aromatic heterocycles. The van der Waals surface area contributed by atoms with Gasteiger partial charge in [0.2, 0.25) is 5.69 Å². The quantitative estimate of drug-likeness (QED) is 0.310. The van der Waals surface area contributed by atoms with E-state index in [4.69, 9.17) is 14.2 Å². The van der Waals surface area contributed by atoms with E-state index in [1.807, 2.05) is 11.8 Å². The maximum Gasteiger partial charge on any atom is 0.408 e. The number of ether oxygens (including phenoxy) is 3. The van der Waals surface area contributed by atoms with E-state index in [2.05, 4.69) is 10.3 Å². The van der Waals surface area contributed by atoms with Gasteiger partial charge in [-0.2, -0.15) is 5.23 Å². The monoisotopic (exact) mass is 494 g/mol. The number of anilines is 1. The molecule has 35 heavy (non-hydrogen) atoms. The highest BCUT2D eigenvalue weighted by atomic mass is 16.8. The van der Waals surface area contributed by atoms with E-state index in [0.717, 1.165) is 0 Å². The van der Waals surface area contributed by atoms with Gasteiger partial charge >= 0.3 is 18.0 Å². The van der Waals surface area contributed by atoms with Crippen molar-refractivity contribution in [3.63, 3.8) is 0 Å². The van der Waals surface area contributed by atoms with Gasteiger partial charge in [0, 0.05) is 38.4 Å². The zero-order valence-corrected chi connectivity index (χ0v) is 20.9. The lowest BCUT2D eigenvalue weighted by Crippen LogP contribution is -2.99. The molecule has 1 aromatic rings. The van der Waals surface area contributed by atoms with E-state index in [9.17, 15) is 24.8 Å². The van der Waals surface area contributed by atoms with Gasteiger partial charge < -0.3 is 29.6 Å². The Morgan fingerprint density at radius 1 is 1.20 bits per heavy atom. The maximum atomic E-state index is 12.6. The van der Waals surface area contributed by atoms with Gasteiger partial charge in [0.25, 0.3) is 0 Å². The highest BCUT2D eigenvalue weighted by molar-refractivity contribution is 5.72. The van der Waals surface area contributed by atoms with Gasteiger partial charge in [-0.25, -0.2) is 10.0 Å². The number of alkyl carbamates (subject to hydrolysis) is 1. The van der Waals surface area contributed by atoms with E-state index >= 15 is 0 Å². The van der Waals surface area contributed by atoms with Gasteiger partial charge in [0.1, 0.15) is 23.5 Å². The summed E-state index contributed by atoms with van der Waals surface area (Å²) >= 11 is 0. The summed E-state index contributed by atoms with van der Waals surface area (Å²) < 4.78 is 16.3. The number of hydrogen-bond acceptors (Lipinski definition) is 10. The molecule has 1 amide bonds. The Hall–Kier alpha value is -2.96. The van der Waals surface area contributed by atoms with E-state index in [1.54, 1.807) is 20.8 Å². The van der Waals surface area contributed by atoms with Crippen LogP contribution in [0.15, 0.2) is 6.20 Å². The summed E-state index contributed by atoms with van der Waals surface area (Å²) in [6.07, 6.45) is 0.416. The van der Waals surface area contributed by atoms with Crippen LogP contribution in [0, 0.1) is 11.1 Å². The number of carbonyl (C=O) groups excluding carboxylic acids is 3. The number of esters is 2. The molecule has 1 aliphatic carbocycles. The van der Waals surface area contributed by atoms with Crippen molar-refractivity contribution in [3.8, 4) is 0 Å². The molecule has 1 fully saturated rings. The number of nitrogens with one attached hydrogen (secondary N) is 2. The zero-order valence-electron chi connectivity index (χ0n) is 20.9. The van der Waals surface area contributed by atoms with Crippen LogP contribution in [0.2, 0.25) is 0 Å². The molecule has 2 aliphatic rings. The number of piperidine rings is 1. The minimum Gasteiger partial charge on any atom is -0.595 e. The Morgan fingerprint density at radius 2 is 1.86 bits per heavy atom. The Balaban J connectivity index is 1.98. The summed E-state index contributed by atoms with van der Waals surface area (Å²) in [5.41, 5.74) is 0.995. The first-order valence-electron chi connectivity index (χ1n) is 11.6. The van der Waals surface area contributed by atoms with E-state index in [0.29, 0.717) is 36.3 Å². The number of amides is 1. The van der Waals surface area contributed by atoms with Gasteiger partial charge in [-0.15, -0.1) is 0 Å². The van der Waals surface area contributed by atoms with Gasteiger partial charge in [-0.3, -0.25) is 14.6 Å². The number of nitrogens with zero attached hydrogens (tertiary/aromatic N) is 2. The molecule has 0 aromatic carbocycles. The van der Waals surface area contributed by atoms with Crippen molar-refractivity contribution in [2.45, 2.75) is 78.2 Å². The van der Waals surface area contributed by atoms with Crippen molar-refractivity contribution < 1.29 is 39.0 Å². The van der Waals surface area contributed by atoms with E-state index < -0.39 is 47.1 Å². The SMILES string of the molecule is CC(=O)OC1CCc2c1ncc([NH+]([O-])O)c2N1C[C@H](C)[C@@H](OC(C)=O)[C@H](NC(=O)OC(C)(C)C)C1. The van der Waals surface area contributed by atoms with Crippen molar-refractivity contribution in [1.82, 2.24) is 10.3 Å². The molecular weight excluding hydrogens is 460 g/mol. The Morgan fingerprint density at radius 3 is 2.43 bits per heavy atom. The topological polar surface area (TPSA) is 155 Å². The van der Waals surface area contributed by atoms with Gasteiger partial charge in [0.15, 0.2) is 0 Å². The lowest BCUT2D eigenvalue weighted by atomic mass is 9.91. The molecule has 12 nitrogen and oxygen atoms in total. The number of pyridine rings is 1. The van der Waals surface area contributed by atoms with Crippen LogP contribution < -0.4 is 15.4 Å². The molecule has 0 spiro atoms. The molecule has 3 rings (SSSR count). The molecule has 2 heterocycles. The molecule has 0 saturated carbocycles. The van der Waals surface area contributed by atoms with E-state index in [-0.39, 0.29) is 18.2 Å². The van der Waals surface area contributed by atoms with Crippen LogP contribution >= 0.6 is 0 Å². The summed E-state index contributed by atoms with van der Waals surface area (Å²) in [6.45, 7) is 10.3. The number of aromatic nitrogens is 1.